The Kier molecular flexibility index (Phi) is 7.76. The smallest absolute Gasteiger partial charge is 0.315 e. The molecule has 3 aromatic rings. The number of nitrogens with one attached hydrogen (secondary N) is 2. The molecule has 0 bridgehead atoms. The highest BCUT2D eigenvalue weighted by Crippen LogP contribution is 2.26. The summed E-state index contributed by atoms with van der Waals surface area (Å²) in [6.07, 6.45) is 0.740. The lowest BCUT2D eigenvalue weighted by Gasteiger charge is -2.22. The van der Waals surface area contributed by atoms with Gasteiger partial charge in [-0.1, -0.05) is 63.6 Å². The molecule has 0 unspecified atom stereocenters. The third-order valence-corrected chi connectivity index (χ3v) is 5.53. The lowest BCUT2D eigenvalue weighted by molar-refractivity contribution is -0.116. The van der Waals surface area contributed by atoms with Crippen molar-refractivity contribution in [2.24, 2.45) is 0 Å². The van der Waals surface area contributed by atoms with Crippen LogP contribution in [0.2, 0.25) is 0 Å². The number of benzene rings is 2. The van der Waals surface area contributed by atoms with Crippen LogP contribution in [0, 0.1) is 13.8 Å². The van der Waals surface area contributed by atoms with Crippen molar-refractivity contribution in [3.63, 3.8) is 0 Å². The Morgan fingerprint density at radius 2 is 1.68 bits per heavy atom. The average Bonchev–Trinajstić information content (AvgIpc) is 3.19. The molecule has 0 saturated carbocycles. The SMILES string of the molecule is CCCN(CC(=O)Nc1cc(C(C)(C)C)nn1-c1ccc(C)cc1)C(=O)Nc1ccccc1C. The van der Waals surface area contributed by atoms with E-state index in [0.29, 0.717) is 12.4 Å². The fourth-order valence-corrected chi connectivity index (χ4v) is 3.50. The highest BCUT2D eigenvalue weighted by molar-refractivity contribution is 5.97. The Morgan fingerprint density at radius 1 is 1.00 bits per heavy atom. The van der Waals surface area contributed by atoms with Crippen molar-refractivity contribution in [2.45, 2.75) is 53.4 Å². The summed E-state index contributed by atoms with van der Waals surface area (Å²) in [4.78, 5) is 27.5. The molecule has 2 N–H and O–H groups in total. The monoisotopic (exact) mass is 461 g/mol. The van der Waals surface area contributed by atoms with Crippen LogP contribution in [0.4, 0.5) is 16.3 Å². The van der Waals surface area contributed by atoms with Crippen molar-refractivity contribution in [1.29, 1.82) is 0 Å². The van der Waals surface area contributed by atoms with Crippen LogP contribution in [0.1, 0.15) is 50.9 Å². The van der Waals surface area contributed by atoms with E-state index in [2.05, 4.69) is 31.4 Å². The standard InChI is InChI=1S/C27H35N5O2/c1-7-16-31(26(34)28-22-11-9-8-10-20(22)3)18-25(33)29-24-17-23(27(4,5)6)30-32(24)21-14-12-19(2)13-15-21/h8-15,17H,7,16,18H2,1-6H3,(H,28,34)(H,29,33). The Bertz CT molecular complexity index is 1140. The molecule has 0 fully saturated rings. The minimum atomic E-state index is -0.297. The van der Waals surface area contributed by atoms with Crippen LogP contribution < -0.4 is 10.6 Å². The molecule has 0 saturated heterocycles. The van der Waals surface area contributed by atoms with E-state index in [1.807, 2.05) is 75.4 Å². The Morgan fingerprint density at radius 3 is 2.29 bits per heavy atom. The van der Waals surface area contributed by atoms with E-state index in [9.17, 15) is 9.59 Å². The summed E-state index contributed by atoms with van der Waals surface area (Å²) in [6, 6.07) is 17.2. The summed E-state index contributed by atoms with van der Waals surface area (Å²) >= 11 is 0. The van der Waals surface area contributed by atoms with Gasteiger partial charge in [0.15, 0.2) is 0 Å². The van der Waals surface area contributed by atoms with Crippen LogP contribution in [0.25, 0.3) is 5.69 Å². The van der Waals surface area contributed by atoms with Gasteiger partial charge in [0, 0.05) is 23.7 Å². The topological polar surface area (TPSA) is 79.3 Å². The normalized spacial score (nSPS) is 11.2. The summed E-state index contributed by atoms with van der Waals surface area (Å²) in [7, 11) is 0. The van der Waals surface area contributed by atoms with Crippen LogP contribution in [0.5, 0.6) is 0 Å². The van der Waals surface area contributed by atoms with E-state index in [-0.39, 0.29) is 23.9 Å². The van der Waals surface area contributed by atoms with Gasteiger partial charge in [-0.15, -0.1) is 0 Å². The predicted molar refractivity (Wildman–Crippen MR) is 138 cm³/mol. The number of carbonyl (C=O) groups is 2. The first-order chi connectivity index (χ1) is 16.1. The van der Waals surface area contributed by atoms with Crippen molar-refractivity contribution in [3.05, 3.63) is 71.4 Å². The highest BCUT2D eigenvalue weighted by atomic mass is 16.2. The molecule has 1 aromatic heterocycles. The van der Waals surface area contributed by atoms with E-state index < -0.39 is 0 Å². The Balaban J connectivity index is 1.80. The number of carbonyl (C=O) groups excluding carboxylic acids is 2. The Labute approximate surface area is 202 Å². The summed E-state index contributed by atoms with van der Waals surface area (Å²) in [6.45, 7) is 12.6. The fourth-order valence-electron chi connectivity index (χ4n) is 3.50. The lowest BCUT2D eigenvalue weighted by atomic mass is 9.92. The summed E-state index contributed by atoms with van der Waals surface area (Å²) in [5.41, 5.74) is 4.39. The van der Waals surface area contributed by atoms with Gasteiger partial charge in [-0.2, -0.15) is 5.10 Å². The molecule has 2 aromatic carbocycles. The van der Waals surface area contributed by atoms with Gasteiger partial charge >= 0.3 is 6.03 Å². The van der Waals surface area contributed by atoms with Gasteiger partial charge in [-0.05, 0) is 44.0 Å². The van der Waals surface area contributed by atoms with Crippen LogP contribution in [0.3, 0.4) is 0 Å². The second-order valence-corrected chi connectivity index (χ2v) is 9.63. The molecule has 3 rings (SSSR count). The summed E-state index contributed by atoms with van der Waals surface area (Å²) < 4.78 is 1.75. The molecule has 0 spiro atoms. The van der Waals surface area contributed by atoms with Gasteiger partial charge in [0.05, 0.1) is 11.4 Å². The maximum absolute atomic E-state index is 13.0. The maximum atomic E-state index is 13.0. The van der Waals surface area contributed by atoms with Crippen molar-refractivity contribution < 1.29 is 9.59 Å². The van der Waals surface area contributed by atoms with Crippen LogP contribution >= 0.6 is 0 Å². The molecule has 0 atom stereocenters. The lowest BCUT2D eigenvalue weighted by Crippen LogP contribution is -2.41. The van der Waals surface area contributed by atoms with Gasteiger partial charge in [-0.3, -0.25) is 4.79 Å². The van der Waals surface area contributed by atoms with Crippen LogP contribution in [0.15, 0.2) is 54.6 Å². The highest BCUT2D eigenvalue weighted by Gasteiger charge is 2.23. The Hall–Kier alpha value is -3.61. The molecule has 34 heavy (non-hydrogen) atoms. The minimum Gasteiger partial charge on any atom is -0.315 e. The average molecular weight is 462 g/mol. The summed E-state index contributed by atoms with van der Waals surface area (Å²) in [5, 5.41) is 10.7. The number of hydrogen-bond acceptors (Lipinski definition) is 3. The van der Waals surface area contributed by atoms with Gasteiger partial charge in [-0.25, -0.2) is 9.48 Å². The largest absolute Gasteiger partial charge is 0.322 e. The molecule has 0 aliphatic heterocycles. The van der Waals surface area contributed by atoms with Crippen LogP contribution in [-0.4, -0.2) is 39.7 Å². The molecular weight excluding hydrogens is 426 g/mol. The van der Waals surface area contributed by atoms with E-state index in [1.165, 1.54) is 4.90 Å². The number of rotatable bonds is 7. The van der Waals surface area contributed by atoms with Crippen LogP contribution in [-0.2, 0) is 10.2 Å². The van der Waals surface area contributed by atoms with Gasteiger partial charge in [0.25, 0.3) is 0 Å². The maximum Gasteiger partial charge on any atom is 0.322 e. The zero-order valence-corrected chi connectivity index (χ0v) is 21.0. The third kappa shape index (κ3) is 6.25. The number of amides is 3. The number of urea groups is 1. The molecule has 1 heterocycles. The number of para-hydroxylation sites is 1. The van der Waals surface area contributed by atoms with Crippen molar-refractivity contribution in [3.8, 4) is 5.69 Å². The third-order valence-electron chi connectivity index (χ3n) is 5.53. The van der Waals surface area contributed by atoms with E-state index >= 15 is 0 Å². The number of aryl methyl sites for hydroxylation is 2. The molecule has 0 aliphatic rings. The molecule has 3 amide bonds. The summed E-state index contributed by atoms with van der Waals surface area (Å²) in [5.74, 6) is 0.302. The number of nitrogens with zero attached hydrogens (tertiary/aromatic N) is 3. The first kappa shape index (κ1) is 25.0. The molecule has 7 nitrogen and oxygen atoms in total. The van der Waals surface area contributed by atoms with Gasteiger partial charge < -0.3 is 15.5 Å². The molecule has 0 aliphatic carbocycles. The fraction of sp³-hybridized carbons (Fsp3) is 0.370. The van der Waals surface area contributed by atoms with Gasteiger partial charge in [0.2, 0.25) is 5.91 Å². The minimum absolute atomic E-state index is 0.0600. The molecule has 7 heteroatoms. The number of hydrogen-bond donors (Lipinski definition) is 2. The van der Waals surface area contributed by atoms with Crippen molar-refractivity contribution in [2.75, 3.05) is 23.7 Å². The second-order valence-electron chi connectivity index (χ2n) is 9.63. The zero-order chi connectivity index (χ0) is 24.9. The number of aromatic nitrogens is 2. The second kappa shape index (κ2) is 10.5. The zero-order valence-electron chi connectivity index (χ0n) is 21.0. The first-order valence-electron chi connectivity index (χ1n) is 11.7. The molecular formula is C27H35N5O2. The van der Waals surface area contributed by atoms with Crippen molar-refractivity contribution in [1.82, 2.24) is 14.7 Å². The van der Waals surface area contributed by atoms with E-state index in [0.717, 1.165) is 34.6 Å². The number of anilines is 2. The van der Waals surface area contributed by atoms with Gasteiger partial charge in [0.1, 0.15) is 12.4 Å². The predicted octanol–water partition coefficient (Wildman–Crippen LogP) is 5.67. The van der Waals surface area contributed by atoms with E-state index in [4.69, 9.17) is 5.10 Å². The molecule has 180 valence electrons. The van der Waals surface area contributed by atoms with Crippen molar-refractivity contribution >= 4 is 23.4 Å². The van der Waals surface area contributed by atoms with E-state index in [1.54, 1.807) is 4.68 Å². The quantitative estimate of drug-likeness (QED) is 0.476. The first-order valence-corrected chi connectivity index (χ1v) is 11.7. The molecule has 0 radical (unpaired) electrons.